The molecule has 1 aliphatic carbocycles. The monoisotopic (exact) mass is 548 g/mol. The molecule has 0 heterocycles. The van der Waals surface area contributed by atoms with Crippen molar-refractivity contribution in [2.45, 2.75) is 181 Å². The molecule has 1 fully saturated rings. The molecule has 0 spiro atoms. The summed E-state index contributed by atoms with van der Waals surface area (Å²) < 4.78 is 11.6. The van der Waals surface area contributed by atoms with Crippen molar-refractivity contribution in [1.29, 1.82) is 0 Å². The van der Waals surface area contributed by atoms with Crippen LogP contribution in [0.4, 0.5) is 0 Å². The van der Waals surface area contributed by atoms with E-state index < -0.39 is 0 Å². The van der Waals surface area contributed by atoms with E-state index in [0.29, 0.717) is 30.8 Å². The smallest absolute Gasteiger partial charge is 0.334 e. The topological polar surface area (TPSA) is 52.6 Å². The molecule has 0 atom stereocenters. The summed E-state index contributed by atoms with van der Waals surface area (Å²) in [6.45, 7) is 7.61. The van der Waals surface area contributed by atoms with Gasteiger partial charge in [-0.05, 0) is 44.4 Å². The normalized spacial score (nSPS) is 14.4. The quantitative estimate of drug-likeness (QED) is 0.0612. The Balaban J connectivity index is 2.78. The first kappa shape index (κ1) is 35.7. The Kier molecular flexibility index (Phi) is 23.5. The standard InChI is InChI=1S/C35H64O4/c1-4-7-10-13-16-17-18-21-28-32(34(36)38-29-24-19-14-11-8-5-2)33(31-26-22-23-27-31)35(37)39-30-25-20-15-12-9-6-3/h31H,4-30H2,1-3H3/b33-32-. The van der Waals surface area contributed by atoms with Crippen LogP contribution in [0.1, 0.15) is 181 Å². The lowest BCUT2D eigenvalue weighted by atomic mass is 9.90. The molecule has 0 aliphatic heterocycles. The van der Waals surface area contributed by atoms with Crippen molar-refractivity contribution in [3.05, 3.63) is 11.1 Å². The molecule has 0 unspecified atom stereocenters. The predicted molar refractivity (Wildman–Crippen MR) is 165 cm³/mol. The molecule has 0 aromatic heterocycles. The summed E-state index contributed by atoms with van der Waals surface area (Å²) in [5.41, 5.74) is 1.29. The molecule has 39 heavy (non-hydrogen) atoms. The van der Waals surface area contributed by atoms with Crippen LogP contribution in [0, 0.1) is 5.92 Å². The summed E-state index contributed by atoms with van der Waals surface area (Å²) in [5, 5.41) is 0. The van der Waals surface area contributed by atoms with E-state index in [-0.39, 0.29) is 17.9 Å². The number of carbonyl (C=O) groups is 2. The summed E-state index contributed by atoms with van der Waals surface area (Å²) in [6, 6.07) is 0. The second-order valence-corrected chi connectivity index (χ2v) is 11.9. The van der Waals surface area contributed by atoms with Crippen LogP contribution >= 0.6 is 0 Å². The van der Waals surface area contributed by atoms with Gasteiger partial charge in [-0.1, -0.05) is 143 Å². The molecule has 1 saturated carbocycles. The Morgan fingerprint density at radius 1 is 0.513 bits per heavy atom. The van der Waals surface area contributed by atoms with E-state index in [1.165, 1.54) is 89.9 Å². The molecule has 0 saturated heterocycles. The van der Waals surface area contributed by atoms with E-state index in [1.807, 2.05) is 0 Å². The lowest BCUT2D eigenvalue weighted by molar-refractivity contribution is -0.143. The molecular formula is C35H64O4. The highest BCUT2D eigenvalue weighted by molar-refractivity contribution is 6.00. The van der Waals surface area contributed by atoms with Crippen LogP contribution in [0.25, 0.3) is 0 Å². The van der Waals surface area contributed by atoms with Crippen molar-refractivity contribution < 1.29 is 19.1 Å². The first-order valence-corrected chi connectivity index (χ1v) is 17.2. The highest BCUT2D eigenvalue weighted by Gasteiger charge is 2.31. The van der Waals surface area contributed by atoms with E-state index in [4.69, 9.17) is 9.47 Å². The molecular weight excluding hydrogens is 484 g/mol. The summed E-state index contributed by atoms with van der Waals surface area (Å²) in [7, 11) is 0. The van der Waals surface area contributed by atoms with E-state index in [2.05, 4.69) is 20.8 Å². The van der Waals surface area contributed by atoms with Gasteiger partial charge in [-0.25, -0.2) is 9.59 Å². The molecule has 1 rings (SSSR count). The van der Waals surface area contributed by atoms with Gasteiger partial charge in [-0.15, -0.1) is 0 Å². The molecule has 1 aliphatic rings. The summed E-state index contributed by atoms with van der Waals surface area (Å²) in [6.07, 6.45) is 28.5. The third kappa shape index (κ3) is 17.9. The van der Waals surface area contributed by atoms with Crippen LogP contribution in [-0.2, 0) is 19.1 Å². The third-order valence-electron chi connectivity index (χ3n) is 8.30. The van der Waals surface area contributed by atoms with Gasteiger partial charge in [0, 0.05) is 5.57 Å². The summed E-state index contributed by atoms with van der Waals surface area (Å²) in [5.74, 6) is -0.362. The number of hydrogen-bond acceptors (Lipinski definition) is 4. The number of ether oxygens (including phenoxy) is 2. The van der Waals surface area contributed by atoms with Crippen LogP contribution < -0.4 is 0 Å². The lowest BCUT2D eigenvalue weighted by Gasteiger charge is -2.19. The van der Waals surface area contributed by atoms with Crippen molar-refractivity contribution >= 4 is 11.9 Å². The first-order valence-electron chi connectivity index (χ1n) is 17.2. The van der Waals surface area contributed by atoms with Gasteiger partial charge in [0.2, 0.25) is 0 Å². The van der Waals surface area contributed by atoms with Crippen LogP contribution in [-0.4, -0.2) is 25.2 Å². The average molecular weight is 549 g/mol. The molecule has 4 nitrogen and oxygen atoms in total. The number of unbranched alkanes of at least 4 members (excludes halogenated alkanes) is 17. The Labute approximate surface area is 242 Å². The molecule has 4 heteroatoms. The molecule has 228 valence electrons. The number of esters is 2. The van der Waals surface area contributed by atoms with Gasteiger partial charge < -0.3 is 9.47 Å². The highest BCUT2D eigenvalue weighted by atomic mass is 16.5. The molecule has 0 amide bonds. The van der Waals surface area contributed by atoms with E-state index in [0.717, 1.165) is 64.2 Å². The Morgan fingerprint density at radius 2 is 0.897 bits per heavy atom. The number of rotatable bonds is 26. The van der Waals surface area contributed by atoms with Crippen LogP contribution in [0.15, 0.2) is 11.1 Å². The van der Waals surface area contributed by atoms with Gasteiger partial charge in [-0.2, -0.15) is 0 Å². The Hall–Kier alpha value is -1.32. The minimum Gasteiger partial charge on any atom is -0.462 e. The van der Waals surface area contributed by atoms with Gasteiger partial charge in [-0.3, -0.25) is 0 Å². The van der Waals surface area contributed by atoms with Crippen molar-refractivity contribution in [2.24, 2.45) is 5.92 Å². The average Bonchev–Trinajstić information content (AvgIpc) is 3.47. The predicted octanol–water partition coefficient (Wildman–Crippen LogP) is 10.8. The van der Waals surface area contributed by atoms with Crippen molar-refractivity contribution in [1.82, 2.24) is 0 Å². The van der Waals surface area contributed by atoms with Crippen LogP contribution in [0.2, 0.25) is 0 Å². The van der Waals surface area contributed by atoms with Gasteiger partial charge in [0.15, 0.2) is 0 Å². The van der Waals surface area contributed by atoms with Crippen LogP contribution in [0.3, 0.4) is 0 Å². The second kappa shape index (κ2) is 25.6. The zero-order valence-corrected chi connectivity index (χ0v) is 26.3. The zero-order valence-electron chi connectivity index (χ0n) is 26.3. The van der Waals surface area contributed by atoms with E-state index in [9.17, 15) is 9.59 Å². The maximum absolute atomic E-state index is 13.4. The van der Waals surface area contributed by atoms with Gasteiger partial charge >= 0.3 is 11.9 Å². The van der Waals surface area contributed by atoms with E-state index in [1.54, 1.807) is 0 Å². The molecule has 0 N–H and O–H groups in total. The zero-order chi connectivity index (χ0) is 28.4. The highest BCUT2D eigenvalue weighted by Crippen LogP contribution is 2.35. The van der Waals surface area contributed by atoms with Gasteiger partial charge in [0.25, 0.3) is 0 Å². The molecule has 0 aromatic carbocycles. The molecule has 0 radical (unpaired) electrons. The fourth-order valence-corrected chi connectivity index (χ4v) is 5.79. The van der Waals surface area contributed by atoms with Gasteiger partial charge in [0.1, 0.15) is 0 Å². The first-order chi connectivity index (χ1) is 19.2. The summed E-state index contributed by atoms with van der Waals surface area (Å²) in [4.78, 5) is 26.8. The van der Waals surface area contributed by atoms with Crippen molar-refractivity contribution in [3.8, 4) is 0 Å². The minimum absolute atomic E-state index is 0.146. The fraction of sp³-hybridized carbons (Fsp3) is 0.886. The third-order valence-corrected chi connectivity index (χ3v) is 8.30. The van der Waals surface area contributed by atoms with Gasteiger partial charge in [0.05, 0.1) is 18.8 Å². The number of carbonyl (C=O) groups excluding carboxylic acids is 2. The fourth-order valence-electron chi connectivity index (χ4n) is 5.79. The van der Waals surface area contributed by atoms with Crippen molar-refractivity contribution in [2.75, 3.05) is 13.2 Å². The largest absolute Gasteiger partial charge is 0.462 e. The maximum atomic E-state index is 13.4. The lowest BCUT2D eigenvalue weighted by Crippen LogP contribution is -2.22. The Bertz CT molecular complexity index is 633. The summed E-state index contributed by atoms with van der Waals surface area (Å²) >= 11 is 0. The molecule has 0 aromatic rings. The Morgan fingerprint density at radius 3 is 1.36 bits per heavy atom. The second-order valence-electron chi connectivity index (χ2n) is 11.9. The minimum atomic E-state index is -0.259. The van der Waals surface area contributed by atoms with Crippen molar-refractivity contribution in [3.63, 3.8) is 0 Å². The molecule has 0 bridgehead atoms. The maximum Gasteiger partial charge on any atom is 0.334 e. The van der Waals surface area contributed by atoms with Crippen LogP contribution in [0.5, 0.6) is 0 Å². The number of hydrogen-bond donors (Lipinski definition) is 0. The SMILES string of the molecule is CCCCCCCCCC/C(C(=O)OCCCCCCCC)=C(/C(=O)OCCCCCCCC)C1CCCC1. The van der Waals surface area contributed by atoms with E-state index >= 15 is 0 Å².